The van der Waals surface area contributed by atoms with E-state index in [-0.39, 0.29) is 11.5 Å². The lowest BCUT2D eigenvalue weighted by Gasteiger charge is -2.55. The van der Waals surface area contributed by atoms with Crippen molar-refractivity contribution in [3.8, 4) is 0 Å². The van der Waals surface area contributed by atoms with Crippen LogP contribution >= 0.6 is 11.6 Å². The van der Waals surface area contributed by atoms with E-state index in [1.165, 1.54) is 19.3 Å². The van der Waals surface area contributed by atoms with E-state index < -0.39 is 0 Å². The van der Waals surface area contributed by atoms with Gasteiger partial charge in [0.05, 0.1) is 6.04 Å². The fraction of sp³-hybridized carbons (Fsp3) is 0.667. The molecule has 136 valence electrons. The Balaban J connectivity index is 1.46. The molecule has 4 aliphatic carbocycles. The second-order valence-corrected chi connectivity index (χ2v) is 9.32. The van der Waals surface area contributed by atoms with E-state index in [4.69, 9.17) is 11.6 Å². The lowest BCUT2D eigenvalue weighted by molar-refractivity contribution is -0.146. The molecule has 1 aromatic rings. The van der Waals surface area contributed by atoms with E-state index in [1.807, 2.05) is 32.3 Å². The average Bonchev–Trinajstić information content (AvgIpc) is 2.55. The van der Waals surface area contributed by atoms with Crippen molar-refractivity contribution in [3.05, 3.63) is 34.9 Å². The summed E-state index contributed by atoms with van der Waals surface area (Å²) in [5.41, 5.74) is 1.01. The fourth-order valence-corrected chi connectivity index (χ4v) is 6.34. The van der Waals surface area contributed by atoms with Crippen molar-refractivity contribution in [1.29, 1.82) is 0 Å². The molecule has 1 aromatic carbocycles. The van der Waals surface area contributed by atoms with Crippen molar-refractivity contribution in [3.63, 3.8) is 0 Å². The van der Waals surface area contributed by atoms with Gasteiger partial charge in [0.1, 0.15) is 0 Å². The van der Waals surface area contributed by atoms with Gasteiger partial charge in [0.2, 0.25) is 5.91 Å². The maximum absolute atomic E-state index is 13.2. The van der Waals surface area contributed by atoms with Crippen LogP contribution in [-0.4, -0.2) is 31.4 Å². The third-order valence-electron chi connectivity index (χ3n) is 6.86. The molecule has 1 amide bonds. The van der Waals surface area contributed by atoms with Gasteiger partial charge in [0.25, 0.3) is 0 Å². The molecule has 4 heteroatoms. The van der Waals surface area contributed by atoms with Gasteiger partial charge in [-0.25, -0.2) is 0 Å². The first-order chi connectivity index (χ1) is 12.0. The van der Waals surface area contributed by atoms with Gasteiger partial charge in [-0.1, -0.05) is 29.8 Å². The van der Waals surface area contributed by atoms with Crippen molar-refractivity contribution in [2.75, 3.05) is 20.6 Å². The van der Waals surface area contributed by atoms with E-state index >= 15 is 0 Å². The number of amides is 1. The molecule has 1 unspecified atom stereocenters. The summed E-state index contributed by atoms with van der Waals surface area (Å²) in [7, 11) is 4.09. The highest BCUT2D eigenvalue weighted by Gasteiger charge is 2.54. The summed E-state index contributed by atoms with van der Waals surface area (Å²) in [6.07, 6.45) is 7.45. The SMILES string of the molecule is CN(C)C(CNC(=O)C12CC3CC(CC(C3)C1)C2)c1ccccc1Cl. The molecule has 4 saturated carbocycles. The number of halogens is 1. The van der Waals surface area contributed by atoms with Crippen LogP contribution in [-0.2, 0) is 4.79 Å². The molecule has 3 nitrogen and oxygen atoms in total. The highest BCUT2D eigenvalue weighted by atomic mass is 35.5. The molecule has 0 spiro atoms. The first-order valence-corrected chi connectivity index (χ1v) is 10.0. The lowest BCUT2D eigenvalue weighted by Crippen LogP contribution is -2.54. The van der Waals surface area contributed by atoms with Crippen molar-refractivity contribution < 1.29 is 4.79 Å². The van der Waals surface area contributed by atoms with Gasteiger partial charge in [0, 0.05) is 17.0 Å². The number of hydrogen-bond donors (Lipinski definition) is 1. The zero-order valence-corrected chi connectivity index (χ0v) is 16.1. The quantitative estimate of drug-likeness (QED) is 0.850. The lowest BCUT2D eigenvalue weighted by atomic mass is 9.49. The summed E-state index contributed by atoms with van der Waals surface area (Å²) >= 11 is 6.40. The first kappa shape index (κ1) is 17.4. The van der Waals surface area contributed by atoms with Gasteiger partial charge in [0.15, 0.2) is 0 Å². The number of nitrogens with zero attached hydrogens (tertiary/aromatic N) is 1. The summed E-state index contributed by atoms with van der Waals surface area (Å²) in [6, 6.07) is 8.05. The molecular formula is C21H29ClN2O. The van der Waals surface area contributed by atoms with Gasteiger partial charge in [-0.05, 0) is 82.0 Å². The number of carbonyl (C=O) groups excluding carboxylic acids is 1. The molecule has 25 heavy (non-hydrogen) atoms. The summed E-state index contributed by atoms with van der Waals surface area (Å²) in [6.45, 7) is 0.622. The molecule has 0 saturated heterocycles. The first-order valence-electron chi connectivity index (χ1n) is 9.66. The minimum Gasteiger partial charge on any atom is -0.354 e. The Morgan fingerprint density at radius 2 is 1.72 bits per heavy atom. The molecule has 0 aliphatic heterocycles. The van der Waals surface area contributed by atoms with Crippen molar-refractivity contribution in [2.45, 2.75) is 44.6 Å². The minimum absolute atomic E-state index is 0.0773. The summed E-state index contributed by atoms with van der Waals surface area (Å²) < 4.78 is 0. The number of hydrogen-bond acceptors (Lipinski definition) is 2. The van der Waals surface area contributed by atoms with Gasteiger partial charge in [-0.3, -0.25) is 4.79 Å². The molecule has 0 heterocycles. The van der Waals surface area contributed by atoms with Crippen LogP contribution in [0.1, 0.15) is 50.1 Å². The van der Waals surface area contributed by atoms with Crippen molar-refractivity contribution in [1.82, 2.24) is 10.2 Å². The largest absolute Gasteiger partial charge is 0.354 e. The topological polar surface area (TPSA) is 32.3 Å². The minimum atomic E-state index is -0.0773. The van der Waals surface area contributed by atoms with Crippen LogP contribution in [0.4, 0.5) is 0 Å². The molecule has 0 radical (unpaired) electrons. The Kier molecular flexibility index (Phi) is 4.57. The van der Waals surface area contributed by atoms with Crippen molar-refractivity contribution >= 4 is 17.5 Å². The van der Waals surface area contributed by atoms with Crippen LogP contribution in [0.25, 0.3) is 0 Å². The van der Waals surface area contributed by atoms with E-state index in [9.17, 15) is 4.79 Å². The molecule has 0 aromatic heterocycles. The standard InChI is InChI=1S/C21H29ClN2O/c1-24(2)19(17-5-3-4-6-18(17)22)13-23-20(25)21-10-14-7-15(11-21)9-16(8-14)12-21/h3-6,14-16,19H,7-13H2,1-2H3,(H,23,25). The fourth-order valence-electron chi connectivity index (χ4n) is 6.08. The number of likely N-dealkylation sites (N-methyl/N-ethyl adjacent to an activating group) is 1. The summed E-state index contributed by atoms with van der Waals surface area (Å²) in [4.78, 5) is 15.3. The van der Waals surface area contributed by atoms with Crippen LogP contribution in [0.2, 0.25) is 5.02 Å². The van der Waals surface area contributed by atoms with Crippen LogP contribution in [0.15, 0.2) is 24.3 Å². The Bertz CT molecular complexity index is 622. The van der Waals surface area contributed by atoms with Crippen LogP contribution in [0, 0.1) is 23.2 Å². The molecule has 4 bridgehead atoms. The molecule has 5 rings (SSSR count). The Morgan fingerprint density at radius 3 is 2.24 bits per heavy atom. The second kappa shape index (κ2) is 6.59. The maximum Gasteiger partial charge on any atom is 0.226 e. The molecule has 4 aliphatic rings. The van der Waals surface area contributed by atoms with Gasteiger partial charge < -0.3 is 10.2 Å². The van der Waals surface area contributed by atoms with Crippen molar-refractivity contribution in [2.24, 2.45) is 23.2 Å². The molecular weight excluding hydrogens is 332 g/mol. The van der Waals surface area contributed by atoms with Gasteiger partial charge in [-0.2, -0.15) is 0 Å². The smallest absolute Gasteiger partial charge is 0.226 e. The normalized spacial score (nSPS) is 34.3. The van der Waals surface area contributed by atoms with E-state index in [1.54, 1.807) is 0 Å². The van der Waals surface area contributed by atoms with E-state index in [0.717, 1.165) is 47.6 Å². The molecule has 1 atom stereocenters. The highest BCUT2D eigenvalue weighted by Crippen LogP contribution is 2.60. The number of rotatable bonds is 5. The van der Waals surface area contributed by atoms with Crippen LogP contribution in [0.3, 0.4) is 0 Å². The number of benzene rings is 1. The van der Waals surface area contributed by atoms with Crippen LogP contribution in [0.5, 0.6) is 0 Å². The van der Waals surface area contributed by atoms with Gasteiger partial charge in [-0.15, -0.1) is 0 Å². The monoisotopic (exact) mass is 360 g/mol. The van der Waals surface area contributed by atoms with Crippen LogP contribution < -0.4 is 5.32 Å². The number of nitrogens with one attached hydrogen (secondary N) is 1. The van der Waals surface area contributed by atoms with E-state index in [2.05, 4.69) is 16.3 Å². The zero-order chi connectivity index (χ0) is 17.6. The second-order valence-electron chi connectivity index (χ2n) is 8.91. The number of carbonyl (C=O) groups is 1. The Labute approximate surface area is 156 Å². The summed E-state index contributed by atoms with van der Waals surface area (Å²) in [5, 5.41) is 4.08. The predicted molar refractivity (Wildman–Crippen MR) is 101 cm³/mol. The Hall–Kier alpha value is -1.06. The third-order valence-corrected chi connectivity index (χ3v) is 7.21. The maximum atomic E-state index is 13.2. The molecule has 1 N–H and O–H groups in total. The molecule has 4 fully saturated rings. The summed E-state index contributed by atoms with van der Waals surface area (Å²) in [5.74, 6) is 2.69. The predicted octanol–water partition coefficient (Wildman–Crippen LogP) is 4.28. The zero-order valence-electron chi connectivity index (χ0n) is 15.3. The Morgan fingerprint density at radius 1 is 1.16 bits per heavy atom. The average molecular weight is 361 g/mol. The van der Waals surface area contributed by atoms with E-state index in [0.29, 0.717) is 12.5 Å². The third kappa shape index (κ3) is 3.21. The highest BCUT2D eigenvalue weighted by molar-refractivity contribution is 6.31. The van der Waals surface area contributed by atoms with Gasteiger partial charge >= 0.3 is 0 Å².